The molecule has 180 valence electrons. The lowest BCUT2D eigenvalue weighted by Gasteiger charge is -2.38. The van der Waals surface area contributed by atoms with Gasteiger partial charge < -0.3 is 10.2 Å². The van der Waals surface area contributed by atoms with Crippen LogP contribution in [0.5, 0.6) is 0 Å². The van der Waals surface area contributed by atoms with Crippen LogP contribution in [0.15, 0.2) is 42.5 Å². The van der Waals surface area contributed by atoms with Crippen LogP contribution in [0.2, 0.25) is 0 Å². The van der Waals surface area contributed by atoms with Crippen LogP contribution in [0, 0.1) is 28.9 Å². The van der Waals surface area contributed by atoms with Crippen molar-refractivity contribution in [2.24, 2.45) is 5.92 Å². The Bertz CT molecular complexity index is 1060. The van der Waals surface area contributed by atoms with E-state index in [9.17, 15) is 18.8 Å². The van der Waals surface area contributed by atoms with Gasteiger partial charge in [0.05, 0.1) is 17.2 Å². The van der Waals surface area contributed by atoms with Crippen molar-refractivity contribution < 1.29 is 13.6 Å². The molecular formula is C27H32F2N4O. The number of carbonyl (C=O) groups excluding carboxylic acids is 1. The van der Waals surface area contributed by atoms with Gasteiger partial charge in [-0.3, -0.25) is 9.69 Å². The zero-order valence-electron chi connectivity index (χ0n) is 19.8. The van der Waals surface area contributed by atoms with Gasteiger partial charge in [-0.1, -0.05) is 32.0 Å². The molecule has 7 heteroatoms. The number of benzene rings is 2. The van der Waals surface area contributed by atoms with E-state index in [-0.39, 0.29) is 17.9 Å². The van der Waals surface area contributed by atoms with Crippen molar-refractivity contribution >= 4 is 11.6 Å². The summed E-state index contributed by atoms with van der Waals surface area (Å²) in [6.45, 7) is 7.38. The summed E-state index contributed by atoms with van der Waals surface area (Å²) in [7, 11) is 0. The quantitative estimate of drug-likeness (QED) is 0.684. The summed E-state index contributed by atoms with van der Waals surface area (Å²) < 4.78 is 27.1. The van der Waals surface area contributed by atoms with E-state index in [2.05, 4.69) is 21.2 Å². The predicted molar refractivity (Wildman–Crippen MR) is 128 cm³/mol. The summed E-state index contributed by atoms with van der Waals surface area (Å²) in [6.07, 6.45) is 2.92. The molecule has 2 saturated heterocycles. The fraction of sp³-hybridized carbons (Fsp3) is 0.481. The van der Waals surface area contributed by atoms with Crippen LogP contribution >= 0.6 is 0 Å². The van der Waals surface area contributed by atoms with Crippen molar-refractivity contribution in [3.05, 3.63) is 65.2 Å². The molecule has 2 fully saturated rings. The van der Waals surface area contributed by atoms with Gasteiger partial charge in [0.1, 0.15) is 6.07 Å². The van der Waals surface area contributed by atoms with Gasteiger partial charge >= 0.3 is 0 Å². The fourth-order valence-electron chi connectivity index (χ4n) is 5.39. The molecule has 2 atom stereocenters. The van der Waals surface area contributed by atoms with E-state index < -0.39 is 17.6 Å². The average molecular weight is 467 g/mol. The van der Waals surface area contributed by atoms with Crippen molar-refractivity contribution in [2.45, 2.75) is 51.1 Å². The molecule has 0 unspecified atom stereocenters. The Morgan fingerprint density at radius 2 is 1.79 bits per heavy atom. The summed E-state index contributed by atoms with van der Waals surface area (Å²) in [5.74, 6) is -2.52. The molecule has 2 heterocycles. The number of hydrogen-bond acceptors (Lipinski definition) is 4. The maximum absolute atomic E-state index is 13.8. The SMILES string of the molecule is CC(C)[C@@H](C(=O)N[C@@H]1CCN(C2CCN(c3ccccc3C#N)CC2)C1)c1ccc(F)c(F)c1. The maximum atomic E-state index is 13.8. The van der Waals surface area contributed by atoms with Gasteiger partial charge in [0.15, 0.2) is 11.6 Å². The molecule has 5 nitrogen and oxygen atoms in total. The third-order valence-corrected chi connectivity index (χ3v) is 7.16. The Kier molecular flexibility index (Phi) is 7.47. The maximum Gasteiger partial charge on any atom is 0.228 e. The summed E-state index contributed by atoms with van der Waals surface area (Å²) >= 11 is 0. The highest BCUT2D eigenvalue weighted by Crippen LogP contribution is 2.29. The number of nitrogens with one attached hydrogen (secondary N) is 1. The van der Waals surface area contributed by atoms with Crippen molar-refractivity contribution in [3.8, 4) is 6.07 Å². The van der Waals surface area contributed by atoms with Gasteiger partial charge in [0.2, 0.25) is 5.91 Å². The van der Waals surface area contributed by atoms with Gasteiger partial charge in [-0.05, 0) is 55.0 Å². The molecule has 1 N–H and O–H groups in total. The van der Waals surface area contributed by atoms with E-state index in [1.165, 1.54) is 6.07 Å². The third kappa shape index (κ3) is 5.23. The average Bonchev–Trinajstić information content (AvgIpc) is 3.29. The zero-order valence-corrected chi connectivity index (χ0v) is 19.8. The molecule has 0 spiro atoms. The Morgan fingerprint density at radius 1 is 1.06 bits per heavy atom. The van der Waals surface area contributed by atoms with E-state index in [4.69, 9.17) is 0 Å². The number of anilines is 1. The van der Waals surface area contributed by atoms with Gasteiger partial charge in [0.25, 0.3) is 0 Å². The van der Waals surface area contributed by atoms with Crippen LogP contribution in [0.3, 0.4) is 0 Å². The molecule has 0 saturated carbocycles. The van der Waals surface area contributed by atoms with Gasteiger partial charge in [-0.15, -0.1) is 0 Å². The number of amides is 1. The molecule has 2 aromatic rings. The Labute approximate surface area is 200 Å². The van der Waals surface area contributed by atoms with Gasteiger partial charge in [0, 0.05) is 38.3 Å². The first-order chi connectivity index (χ1) is 16.4. The molecular weight excluding hydrogens is 434 g/mol. The first kappa shape index (κ1) is 24.2. The molecule has 0 bridgehead atoms. The molecule has 2 aromatic carbocycles. The Hall–Kier alpha value is -2.98. The number of para-hydroxylation sites is 1. The number of nitrogens with zero attached hydrogens (tertiary/aromatic N) is 3. The third-order valence-electron chi connectivity index (χ3n) is 7.16. The zero-order chi connectivity index (χ0) is 24.2. The number of nitriles is 1. The summed E-state index contributed by atoms with van der Waals surface area (Å²) in [5, 5.41) is 12.6. The van der Waals surface area contributed by atoms with Gasteiger partial charge in [-0.2, -0.15) is 5.26 Å². The highest BCUT2D eigenvalue weighted by Gasteiger charge is 2.34. The van der Waals surface area contributed by atoms with E-state index in [1.807, 2.05) is 38.1 Å². The molecule has 0 aliphatic carbocycles. The minimum absolute atomic E-state index is 0.0389. The fourth-order valence-corrected chi connectivity index (χ4v) is 5.39. The first-order valence-corrected chi connectivity index (χ1v) is 12.1. The lowest BCUT2D eigenvalue weighted by molar-refractivity contribution is -0.124. The highest BCUT2D eigenvalue weighted by molar-refractivity contribution is 5.84. The van der Waals surface area contributed by atoms with Crippen LogP contribution in [-0.2, 0) is 4.79 Å². The number of halogens is 2. The van der Waals surface area contributed by atoms with Crippen LogP contribution in [0.4, 0.5) is 14.5 Å². The molecule has 0 radical (unpaired) electrons. The first-order valence-electron chi connectivity index (χ1n) is 12.1. The molecule has 1 amide bonds. The molecule has 2 aliphatic heterocycles. The van der Waals surface area contributed by atoms with Crippen LogP contribution in [-0.4, -0.2) is 49.1 Å². The second-order valence-corrected chi connectivity index (χ2v) is 9.73. The molecule has 4 rings (SSSR count). The normalized spacial score (nSPS) is 20.4. The van der Waals surface area contributed by atoms with Crippen molar-refractivity contribution in [1.82, 2.24) is 10.2 Å². The second-order valence-electron chi connectivity index (χ2n) is 9.73. The van der Waals surface area contributed by atoms with E-state index >= 15 is 0 Å². The smallest absolute Gasteiger partial charge is 0.228 e. The number of carbonyl (C=O) groups is 1. The van der Waals surface area contributed by atoms with Crippen molar-refractivity contribution in [1.29, 1.82) is 5.26 Å². The molecule has 2 aliphatic rings. The summed E-state index contributed by atoms with van der Waals surface area (Å²) in [5.41, 5.74) is 2.23. The van der Waals surface area contributed by atoms with E-state index in [1.54, 1.807) is 0 Å². The lowest BCUT2D eigenvalue weighted by atomic mass is 9.87. The van der Waals surface area contributed by atoms with E-state index in [0.717, 1.165) is 63.3 Å². The van der Waals surface area contributed by atoms with E-state index in [0.29, 0.717) is 17.2 Å². The number of rotatable bonds is 6. The lowest BCUT2D eigenvalue weighted by Crippen LogP contribution is -2.46. The topological polar surface area (TPSA) is 59.4 Å². The monoisotopic (exact) mass is 466 g/mol. The summed E-state index contributed by atoms with van der Waals surface area (Å²) in [6, 6.07) is 14.3. The molecule has 34 heavy (non-hydrogen) atoms. The van der Waals surface area contributed by atoms with Crippen molar-refractivity contribution in [3.63, 3.8) is 0 Å². The number of likely N-dealkylation sites (tertiary alicyclic amines) is 1. The predicted octanol–water partition coefficient (Wildman–Crippen LogP) is 4.44. The largest absolute Gasteiger partial charge is 0.370 e. The van der Waals surface area contributed by atoms with Crippen LogP contribution in [0.25, 0.3) is 0 Å². The van der Waals surface area contributed by atoms with Crippen molar-refractivity contribution in [2.75, 3.05) is 31.1 Å². The minimum atomic E-state index is -0.924. The van der Waals surface area contributed by atoms with Crippen LogP contribution in [0.1, 0.15) is 50.2 Å². The Balaban J connectivity index is 1.32. The minimum Gasteiger partial charge on any atom is -0.370 e. The standard InChI is InChI=1S/C27H32F2N4O/c1-18(2)26(19-7-8-23(28)24(29)15-19)27(34)31-21-9-12-33(17-21)22-10-13-32(14-11-22)25-6-4-3-5-20(25)16-30/h3-8,15,18,21-22,26H,9-14,17H2,1-2H3,(H,31,34)/t21-,26-/m1/s1. The number of hydrogen-bond donors (Lipinski definition) is 1. The summed E-state index contributed by atoms with van der Waals surface area (Å²) in [4.78, 5) is 17.9. The highest BCUT2D eigenvalue weighted by atomic mass is 19.2. The second kappa shape index (κ2) is 10.5. The van der Waals surface area contributed by atoms with Gasteiger partial charge in [-0.25, -0.2) is 8.78 Å². The van der Waals surface area contributed by atoms with Crippen LogP contribution < -0.4 is 10.2 Å². The Morgan fingerprint density at radius 3 is 2.47 bits per heavy atom. The molecule has 0 aromatic heterocycles. The number of piperidine rings is 1.